The van der Waals surface area contributed by atoms with Gasteiger partial charge in [-0.2, -0.15) is 13.2 Å². The molecule has 0 saturated carbocycles. The highest BCUT2D eigenvalue weighted by molar-refractivity contribution is 7.13. The van der Waals surface area contributed by atoms with Gasteiger partial charge in [-0.3, -0.25) is 14.4 Å². The van der Waals surface area contributed by atoms with Gasteiger partial charge in [0, 0.05) is 50.5 Å². The summed E-state index contributed by atoms with van der Waals surface area (Å²) in [5.41, 5.74) is -0.879. The van der Waals surface area contributed by atoms with Crippen LogP contribution < -0.4 is 10.2 Å². The number of alkyl halides is 3. The molecule has 0 spiro atoms. The number of carbonyl (C=O) groups excluding carboxylic acids is 3. The number of nitrogens with zero attached hydrogens (tertiary/aromatic N) is 5. The van der Waals surface area contributed by atoms with Crippen molar-refractivity contribution in [3.8, 4) is 0 Å². The van der Waals surface area contributed by atoms with Crippen LogP contribution >= 0.6 is 22.9 Å². The van der Waals surface area contributed by atoms with Crippen molar-refractivity contribution in [2.45, 2.75) is 38.3 Å². The molecule has 0 radical (unpaired) electrons. The first kappa shape index (κ1) is 26.6. The van der Waals surface area contributed by atoms with Crippen LogP contribution in [0.5, 0.6) is 0 Å². The molecule has 1 saturated heterocycles. The molecule has 194 valence electrons. The number of carbonyl (C=O) groups is 3. The van der Waals surface area contributed by atoms with Crippen molar-refractivity contribution in [1.29, 1.82) is 0 Å². The molecule has 1 N–H and O–H groups in total. The first-order valence-corrected chi connectivity index (χ1v) is 12.3. The Labute approximate surface area is 218 Å². The summed E-state index contributed by atoms with van der Waals surface area (Å²) in [5, 5.41) is 2.23. The Morgan fingerprint density at radius 1 is 1.14 bits per heavy atom. The Kier molecular flexibility index (Phi) is 7.83. The number of piperidine rings is 1. The number of thiazole rings is 1. The van der Waals surface area contributed by atoms with Gasteiger partial charge in [0.25, 0.3) is 5.91 Å². The largest absolute Gasteiger partial charge is 0.418 e. The third-order valence-electron chi connectivity index (χ3n) is 5.65. The van der Waals surface area contributed by atoms with E-state index in [1.54, 1.807) is 13.0 Å². The first-order chi connectivity index (χ1) is 17.5. The fraction of sp³-hybridized carbons (Fsp3) is 0.348. The number of hydrogen-bond donors (Lipinski definition) is 1. The smallest absolute Gasteiger partial charge is 0.356 e. The molecule has 1 aliphatic rings. The normalized spacial score (nSPS) is 14.9. The number of nitrogens with one attached hydrogen (secondary N) is 1. The van der Waals surface area contributed by atoms with Gasteiger partial charge in [0.1, 0.15) is 34.3 Å². The molecule has 0 aliphatic carbocycles. The van der Waals surface area contributed by atoms with Crippen molar-refractivity contribution < 1.29 is 27.6 Å². The molecule has 1 amide bonds. The Balaban J connectivity index is 1.39. The van der Waals surface area contributed by atoms with E-state index in [2.05, 4.69) is 25.3 Å². The van der Waals surface area contributed by atoms with Crippen LogP contribution in [0.4, 0.5) is 24.8 Å². The maximum Gasteiger partial charge on any atom is 0.418 e. The average Bonchev–Trinajstić information content (AvgIpc) is 3.36. The molecule has 37 heavy (non-hydrogen) atoms. The van der Waals surface area contributed by atoms with Crippen LogP contribution in [0.1, 0.15) is 62.8 Å². The highest BCUT2D eigenvalue weighted by atomic mass is 35.5. The van der Waals surface area contributed by atoms with E-state index in [1.807, 2.05) is 4.90 Å². The number of aromatic nitrogens is 4. The third kappa shape index (κ3) is 6.46. The Bertz CT molecular complexity index is 1340. The average molecular weight is 553 g/mol. The summed E-state index contributed by atoms with van der Waals surface area (Å²) >= 11 is 6.58. The van der Waals surface area contributed by atoms with E-state index in [4.69, 9.17) is 11.6 Å². The first-order valence-electron chi connectivity index (χ1n) is 11.1. The van der Waals surface area contributed by atoms with E-state index in [1.165, 1.54) is 12.5 Å². The molecule has 4 rings (SSSR count). The molecule has 0 unspecified atom stereocenters. The predicted molar refractivity (Wildman–Crippen MR) is 130 cm³/mol. The van der Waals surface area contributed by atoms with Crippen molar-refractivity contribution >= 4 is 52.0 Å². The lowest BCUT2D eigenvalue weighted by Crippen LogP contribution is -2.34. The van der Waals surface area contributed by atoms with E-state index in [9.17, 15) is 27.6 Å². The van der Waals surface area contributed by atoms with Crippen molar-refractivity contribution in [1.82, 2.24) is 19.9 Å². The highest BCUT2D eigenvalue weighted by Crippen LogP contribution is 2.35. The second-order valence-corrected chi connectivity index (χ2v) is 9.85. The Hall–Kier alpha value is -3.45. The lowest BCUT2D eigenvalue weighted by atomic mass is 10.0. The van der Waals surface area contributed by atoms with Gasteiger partial charge in [0.2, 0.25) is 0 Å². The molecule has 4 heterocycles. The van der Waals surface area contributed by atoms with Crippen molar-refractivity contribution in [2.24, 2.45) is 0 Å². The summed E-state index contributed by atoms with van der Waals surface area (Å²) < 4.78 is 39.2. The van der Waals surface area contributed by atoms with Gasteiger partial charge in [-0.25, -0.2) is 19.9 Å². The zero-order valence-corrected chi connectivity index (χ0v) is 21.0. The van der Waals surface area contributed by atoms with Crippen LogP contribution in [-0.4, -0.2) is 50.5 Å². The summed E-state index contributed by atoms with van der Waals surface area (Å²) in [6.45, 7) is 2.84. The minimum atomic E-state index is -4.70. The molecule has 9 nitrogen and oxygen atoms in total. The summed E-state index contributed by atoms with van der Waals surface area (Å²) in [5.74, 6) is -0.812. The van der Waals surface area contributed by atoms with Crippen LogP contribution in [0.3, 0.4) is 0 Å². The van der Waals surface area contributed by atoms with Gasteiger partial charge in [-0.15, -0.1) is 11.3 Å². The molecule has 1 fully saturated rings. The summed E-state index contributed by atoms with van der Waals surface area (Å²) in [6.07, 6.45) is -0.353. The fourth-order valence-corrected chi connectivity index (χ4v) is 4.73. The SMILES string of the molecule is C[C@@H](CC(=O)c1cc(N2CCC(=O)CC2)ncn1)c1ncc(C(=O)Nc2cc(C(F)(F)F)c(Cl)cn2)s1. The zero-order valence-electron chi connectivity index (χ0n) is 19.4. The second kappa shape index (κ2) is 10.9. The second-order valence-electron chi connectivity index (χ2n) is 8.38. The Morgan fingerprint density at radius 2 is 1.86 bits per heavy atom. The van der Waals surface area contributed by atoms with Gasteiger partial charge in [0.05, 0.1) is 21.8 Å². The van der Waals surface area contributed by atoms with E-state index in [-0.39, 0.29) is 40.3 Å². The number of halogens is 4. The van der Waals surface area contributed by atoms with E-state index in [0.717, 1.165) is 17.5 Å². The van der Waals surface area contributed by atoms with Crippen molar-refractivity contribution in [3.63, 3.8) is 0 Å². The van der Waals surface area contributed by atoms with Crippen LogP contribution in [0, 0.1) is 0 Å². The summed E-state index contributed by atoms with van der Waals surface area (Å²) in [7, 11) is 0. The van der Waals surface area contributed by atoms with Crippen LogP contribution in [0.25, 0.3) is 0 Å². The maximum atomic E-state index is 13.1. The standard InChI is InChI=1S/C23H20ClF3N6O3S/c1-12(6-17(35)16-8-20(31-11-30-16)33-4-2-13(34)3-5-33)22-29-10-18(37-22)21(36)32-19-7-14(23(25,26)27)15(24)9-28-19/h7-12H,2-6H2,1H3,(H,28,32,36)/t12-/m0/s1. The lowest BCUT2D eigenvalue weighted by Gasteiger charge is -2.27. The topological polar surface area (TPSA) is 118 Å². The number of anilines is 2. The van der Waals surface area contributed by atoms with Crippen LogP contribution in [0.15, 0.2) is 30.9 Å². The minimum absolute atomic E-state index is 0.0667. The van der Waals surface area contributed by atoms with E-state index in [0.29, 0.717) is 42.8 Å². The van der Waals surface area contributed by atoms with E-state index < -0.39 is 22.7 Å². The van der Waals surface area contributed by atoms with Crippen molar-refractivity contribution in [2.75, 3.05) is 23.3 Å². The van der Waals surface area contributed by atoms with Gasteiger partial charge in [0.15, 0.2) is 5.78 Å². The molecule has 14 heteroatoms. The lowest BCUT2D eigenvalue weighted by molar-refractivity contribution is -0.137. The summed E-state index contributed by atoms with van der Waals surface area (Å²) in [4.78, 5) is 55.2. The number of amides is 1. The van der Waals surface area contributed by atoms with Crippen molar-refractivity contribution in [3.05, 3.63) is 57.0 Å². The van der Waals surface area contributed by atoms with E-state index >= 15 is 0 Å². The monoisotopic (exact) mass is 552 g/mol. The maximum absolute atomic E-state index is 13.1. The molecular formula is C23H20ClF3N6O3S. The molecule has 0 aromatic carbocycles. The quantitative estimate of drug-likeness (QED) is 0.415. The van der Waals surface area contributed by atoms with Gasteiger partial charge in [-0.05, 0) is 6.07 Å². The molecule has 3 aromatic rings. The molecule has 1 aliphatic heterocycles. The zero-order chi connectivity index (χ0) is 26.7. The van der Waals surface area contributed by atoms with Crippen LogP contribution in [0.2, 0.25) is 5.02 Å². The Morgan fingerprint density at radius 3 is 2.57 bits per heavy atom. The predicted octanol–water partition coefficient (Wildman–Crippen LogP) is 4.80. The van der Waals surface area contributed by atoms with Gasteiger partial charge >= 0.3 is 6.18 Å². The highest BCUT2D eigenvalue weighted by Gasteiger charge is 2.34. The van der Waals surface area contributed by atoms with Gasteiger partial charge < -0.3 is 10.2 Å². The minimum Gasteiger partial charge on any atom is -0.356 e. The molecule has 3 aromatic heterocycles. The number of rotatable bonds is 7. The van der Waals surface area contributed by atoms with Gasteiger partial charge in [-0.1, -0.05) is 18.5 Å². The fourth-order valence-electron chi connectivity index (χ4n) is 3.65. The number of ketones is 2. The molecule has 1 atom stereocenters. The molecular weight excluding hydrogens is 533 g/mol. The number of Topliss-reactive ketones (excluding diaryl/α,β-unsaturated/α-hetero) is 2. The number of pyridine rings is 1. The number of hydrogen-bond acceptors (Lipinski definition) is 9. The third-order valence-corrected chi connectivity index (χ3v) is 7.18. The molecule has 0 bridgehead atoms. The summed E-state index contributed by atoms with van der Waals surface area (Å²) in [6, 6.07) is 2.25. The van der Waals surface area contributed by atoms with Crippen LogP contribution in [-0.2, 0) is 11.0 Å².